The van der Waals surface area contributed by atoms with E-state index in [1.165, 1.54) is 0 Å². The number of nitrogens with two attached hydrogens (primary N) is 1. The second kappa shape index (κ2) is 5.95. The van der Waals surface area contributed by atoms with Crippen molar-refractivity contribution in [3.05, 3.63) is 46.0 Å². The second-order valence-electron chi connectivity index (χ2n) is 4.85. The minimum atomic E-state index is -0.0316. The second-order valence-corrected chi connectivity index (χ2v) is 4.85. The molecule has 19 heavy (non-hydrogen) atoms. The number of hydrogen-bond donors (Lipinski definition) is 1. The molecular formula is C14H20N4O. The van der Waals surface area contributed by atoms with Gasteiger partial charge in [0.05, 0.1) is 5.69 Å². The van der Waals surface area contributed by atoms with Crippen molar-refractivity contribution in [2.75, 3.05) is 20.1 Å². The standard InChI is InChI=1S/C14H20N4O/c1-11-5-3-8-18-13(19)9-12(16-14(11)18)10-17(2)7-4-6-15/h3,5,8-9H,4,6-7,10,15H2,1-2H3. The molecule has 2 heterocycles. The minimum absolute atomic E-state index is 0.0316. The van der Waals surface area contributed by atoms with Gasteiger partial charge in [-0.3, -0.25) is 9.20 Å². The molecule has 0 spiro atoms. The van der Waals surface area contributed by atoms with Crippen LogP contribution in [-0.2, 0) is 6.54 Å². The molecule has 0 atom stereocenters. The van der Waals surface area contributed by atoms with Gasteiger partial charge in [0.15, 0.2) is 0 Å². The van der Waals surface area contributed by atoms with Crippen molar-refractivity contribution < 1.29 is 0 Å². The van der Waals surface area contributed by atoms with E-state index in [1.807, 2.05) is 26.1 Å². The van der Waals surface area contributed by atoms with Gasteiger partial charge in [0.2, 0.25) is 0 Å². The molecule has 2 rings (SSSR count). The summed E-state index contributed by atoms with van der Waals surface area (Å²) in [5.74, 6) is 0. The van der Waals surface area contributed by atoms with E-state index in [9.17, 15) is 4.79 Å². The Hall–Kier alpha value is -1.72. The number of aryl methyl sites for hydroxylation is 1. The van der Waals surface area contributed by atoms with Crippen LogP contribution in [0.25, 0.3) is 5.65 Å². The van der Waals surface area contributed by atoms with E-state index in [2.05, 4.69) is 9.88 Å². The highest BCUT2D eigenvalue weighted by molar-refractivity contribution is 5.46. The minimum Gasteiger partial charge on any atom is -0.330 e. The molecule has 0 radical (unpaired) electrons. The van der Waals surface area contributed by atoms with Crippen molar-refractivity contribution in [3.8, 4) is 0 Å². The lowest BCUT2D eigenvalue weighted by molar-refractivity contribution is 0.320. The molecule has 0 saturated heterocycles. The summed E-state index contributed by atoms with van der Waals surface area (Å²) >= 11 is 0. The zero-order valence-corrected chi connectivity index (χ0v) is 11.5. The summed E-state index contributed by atoms with van der Waals surface area (Å²) in [7, 11) is 2.01. The largest absolute Gasteiger partial charge is 0.330 e. The lowest BCUT2D eigenvalue weighted by Gasteiger charge is -2.15. The normalized spacial score (nSPS) is 11.4. The van der Waals surface area contributed by atoms with Crippen LogP contribution in [0.2, 0.25) is 0 Å². The van der Waals surface area contributed by atoms with Crippen LogP contribution in [0, 0.1) is 6.92 Å². The molecule has 0 saturated carbocycles. The average molecular weight is 260 g/mol. The average Bonchev–Trinajstić information content (AvgIpc) is 2.38. The first-order valence-electron chi connectivity index (χ1n) is 6.48. The summed E-state index contributed by atoms with van der Waals surface area (Å²) in [4.78, 5) is 18.7. The van der Waals surface area contributed by atoms with E-state index in [1.54, 1.807) is 16.7 Å². The van der Waals surface area contributed by atoms with Crippen molar-refractivity contribution >= 4 is 5.65 Å². The van der Waals surface area contributed by atoms with E-state index < -0.39 is 0 Å². The summed E-state index contributed by atoms with van der Waals surface area (Å²) in [5, 5.41) is 0. The maximum atomic E-state index is 12.0. The Labute approximate surface area is 112 Å². The van der Waals surface area contributed by atoms with Gasteiger partial charge in [-0.1, -0.05) is 6.07 Å². The van der Waals surface area contributed by atoms with Crippen molar-refractivity contribution in [3.63, 3.8) is 0 Å². The van der Waals surface area contributed by atoms with Crippen molar-refractivity contribution in [1.29, 1.82) is 0 Å². The summed E-state index contributed by atoms with van der Waals surface area (Å²) in [6.45, 7) is 4.21. The third-order valence-corrected chi connectivity index (χ3v) is 3.12. The van der Waals surface area contributed by atoms with Crippen LogP contribution in [-0.4, -0.2) is 34.4 Å². The maximum Gasteiger partial charge on any atom is 0.258 e. The van der Waals surface area contributed by atoms with Crippen LogP contribution in [0.15, 0.2) is 29.2 Å². The number of rotatable bonds is 5. The van der Waals surface area contributed by atoms with E-state index in [0.29, 0.717) is 13.1 Å². The highest BCUT2D eigenvalue weighted by Crippen LogP contribution is 2.06. The quantitative estimate of drug-likeness (QED) is 0.863. The third kappa shape index (κ3) is 3.19. The van der Waals surface area contributed by atoms with E-state index in [0.717, 1.165) is 29.9 Å². The maximum absolute atomic E-state index is 12.0. The van der Waals surface area contributed by atoms with E-state index in [-0.39, 0.29) is 5.56 Å². The van der Waals surface area contributed by atoms with Crippen molar-refractivity contribution in [1.82, 2.24) is 14.3 Å². The number of aromatic nitrogens is 2. The number of pyridine rings is 1. The fourth-order valence-electron chi connectivity index (χ4n) is 2.11. The van der Waals surface area contributed by atoms with Crippen molar-refractivity contribution in [2.45, 2.75) is 19.9 Å². The molecule has 2 aromatic rings. The fraction of sp³-hybridized carbons (Fsp3) is 0.429. The van der Waals surface area contributed by atoms with Gasteiger partial charge < -0.3 is 10.6 Å². The number of fused-ring (bicyclic) bond motifs is 1. The SMILES string of the molecule is Cc1cccn2c(=O)cc(CN(C)CCCN)nc12. The number of hydrogen-bond acceptors (Lipinski definition) is 4. The molecule has 2 aromatic heterocycles. The molecule has 2 N–H and O–H groups in total. The predicted molar refractivity (Wildman–Crippen MR) is 76.2 cm³/mol. The van der Waals surface area contributed by atoms with Crippen LogP contribution >= 0.6 is 0 Å². The molecule has 102 valence electrons. The summed E-state index contributed by atoms with van der Waals surface area (Å²) < 4.78 is 1.58. The van der Waals surface area contributed by atoms with Gasteiger partial charge in [-0.15, -0.1) is 0 Å². The molecule has 0 aliphatic rings. The van der Waals surface area contributed by atoms with Crippen LogP contribution in [0.1, 0.15) is 17.7 Å². The first-order chi connectivity index (χ1) is 9.11. The smallest absolute Gasteiger partial charge is 0.258 e. The van der Waals surface area contributed by atoms with Crippen LogP contribution in [0.4, 0.5) is 0 Å². The number of nitrogens with zero attached hydrogens (tertiary/aromatic N) is 3. The molecule has 0 amide bonds. The van der Waals surface area contributed by atoms with Crippen LogP contribution < -0.4 is 11.3 Å². The fourth-order valence-corrected chi connectivity index (χ4v) is 2.11. The van der Waals surface area contributed by atoms with Crippen LogP contribution in [0.3, 0.4) is 0 Å². The Morgan fingerprint density at radius 2 is 2.26 bits per heavy atom. The Bertz CT molecular complexity index is 620. The summed E-state index contributed by atoms with van der Waals surface area (Å²) in [6, 6.07) is 5.42. The summed E-state index contributed by atoms with van der Waals surface area (Å²) in [6.07, 6.45) is 2.70. The topological polar surface area (TPSA) is 63.6 Å². The molecule has 0 unspecified atom stereocenters. The summed E-state index contributed by atoms with van der Waals surface area (Å²) in [5.41, 5.74) is 8.01. The molecule has 5 nitrogen and oxygen atoms in total. The molecule has 0 aliphatic carbocycles. The van der Waals surface area contributed by atoms with E-state index in [4.69, 9.17) is 5.73 Å². The van der Waals surface area contributed by atoms with Gasteiger partial charge in [0, 0.05) is 18.8 Å². The molecule has 0 aromatic carbocycles. The zero-order chi connectivity index (χ0) is 13.8. The Morgan fingerprint density at radius 3 is 3.00 bits per heavy atom. The van der Waals surface area contributed by atoms with Gasteiger partial charge >= 0.3 is 0 Å². The zero-order valence-electron chi connectivity index (χ0n) is 11.5. The Balaban J connectivity index is 2.30. The monoisotopic (exact) mass is 260 g/mol. The van der Waals surface area contributed by atoms with Gasteiger partial charge in [-0.25, -0.2) is 4.98 Å². The van der Waals surface area contributed by atoms with Gasteiger partial charge in [-0.05, 0) is 45.1 Å². The first kappa shape index (κ1) is 13.7. The van der Waals surface area contributed by atoms with Crippen molar-refractivity contribution in [2.24, 2.45) is 5.73 Å². The highest BCUT2D eigenvalue weighted by atomic mass is 16.1. The first-order valence-corrected chi connectivity index (χ1v) is 6.48. The molecule has 5 heteroatoms. The molecular weight excluding hydrogens is 240 g/mol. The third-order valence-electron chi connectivity index (χ3n) is 3.12. The highest BCUT2D eigenvalue weighted by Gasteiger charge is 2.06. The van der Waals surface area contributed by atoms with Gasteiger partial charge in [0.25, 0.3) is 5.56 Å². The molecule has 0 bridgehead atoms. The van der Waals surface area contributed by atoms with Crippen LogP contribution in [0.5, 0.6) is 0 Å². The molecule has 0 aliphatic heterocycles. The lowest BCUT2D eigenvalue weighted by Crippen LogP contribution is -2.24. The lowest BCUT2D eigenvalue weighted by atomic mass is 10.2. The molecule has 0 fully saturated rings. The Morgan fingerprint density at radius 1 is 1.47 bits per heavy atom. The Kier molecular flexibility index (Phi) is 4.29. The van der Waals surface area contributed by atoms with Gasteiger partial charge in [0.1, 0.15) is 5.65 Å². The van der Waals surface area contributed by atoms with Gasteiger partial charge in [-0.2, -0.15) is 0 Å². The van der Waals surface area contributed by atoms with E-state index >= 15 is 0 Å². The predicted octanol–water partition coefficient (Wildman–Crippen LogP) is 0.784.